The summed E-state index contributed by atoms with van der Waals surface area (Å²) in [6.07, 6.45) is 6.45. The van der Waals surface area contributed by atoms with Crippen LogP contribution in [0.5, 0.6) is 0 Å². The fourth-order valence-corrected chi connectivity index (χ4v) is 4.40. The summed E-state index contributed by atoms with van der Waals surface area (Å²) in [4.78, 5) is 14.1. The Morgan fingerprint density at radius 3 is 2.86 bits per heavy atom. The molecule has 116 valence electrons. The maximum atomic E-state index is 4.63. The summed E-state index contributed by atoms with van der Waals surface area (Å²) >= 11 is 1.76. The molecule has 2 aliphatic rings. The number of hydrogen-bond acceptors (Lipinski definition) is 5. The zero-order valence-corrected chi connectivity index (χ0v) is 13.9. The Hall–Kier alpha value is -1.30. The molecule has 5 heteroatoms. The lowest BCUT2D eigenvalue weighted by Gasteiger charge is -2.50. The molecule has 2 fully saturated rings. The number of hydrogen-bond donors (Lipinski definition) is 0. The molecule has 2 saturated heterocycles. The summed E-state index contributed by atoms with van der Waals surface area (Å²) in [5.41, 5.74) is 2.97. The molecule has 0 radical (unpaired) electrons. The van der Waals surface area contributed by atoms with Gasteiger partial charge in [-0.25, -0.2) is 4.98 Å². The molecule has 0 saturated carbocycles. The highest BCUT2D eigenvalue weighted by Crippen LogP contribution is 2.40. The quantitative estimate of drug-likeness (QED) is 0.868. The van der Waals surface area contributed by atoms with Crippen LogP contribution in [0.15, 0.2) is 29.9 Å². The molecule has 2 aromatic heterocycles. The Balaban J connectivity index is 1.39. The predicted octanol–water partition coefficient (Wildman–Crippen LogP) is 2.70. The fourth-order valence-electron chi connectivity index (χ4n) is 3.80. The minimum Gasteiger partial charge on any atom is -0.297 e. The van der Waals surface area contributed by atoms with Gasteiger partial charge >= 0.3 is 0 Å². The molecule has 4 rings (SSSR count). The lowest BCUT2D eigenvalue weighted by molar-refractivity contribution is -0.0154. The van der Waals surface area contributed by atoms with Gasteiger partial charge in [0.05, 0.1) is 10.7 Å². The zero-order valence-electron chi connectivity index (χ0n) is 13.0. The number of rotatable bonds is 4. The smallest absolute Gasteiger partial charge is 0.0897 e. The third-order valence-electron chi connectivity index (χ3n) is 5.08. The van der Waals surface area contributed by atoms with Crippen molar-refractivity contribution in [2.24, 2.45) is 0 Å². The number of nitrogens with zero attached hydrogens (tertiary/aromatic N) is 4. The number of aryl methyl sites for hydroxylation is 1. The molecule has 4 nitrogen and oxygen atoms in total. The second-order valence-electron chi connectivity index (χ2n) is 6.58. The monoisotopic (exact) mass is 314 g/mol. The molecule has 1 atom stereocenters. The van der Waals surface area contributed by atoms with Gasteiger partial charge in [-0.15, -0.1) is 11.3 Å². The topological polar surface area (TPSA) is 32.3 Å². The van der Waals surface area contributed by atoms with E-state index in [2.05, 4.69) is 38.1 Å². The van der Waals surface area contributed by atoms with Crippen LogP contribution in [0.2, 0.25) is 0 Å². The van der Waals surface area contributed by atoms with Crippen LogP contribution in [-0.2, 0) is 13.1 Å². The Bertz CT molecular complexity index is 641. The van der Waals surface area contributed by atoms with Gasteiger partial charge in [-0.05, 0) is 31.4 Å². The van der Waals surface area contributed by atoms with Crippen molar-refractivity contribution in [2.45, 2.75) is 38.4 Å². The molecule has 22 heavy (non-hydrogen) atoms. The molecular weight excluding hydrogens is 292 g/mol. The molecule has 0 amide bonds. The third kappa shape index (κ3) is 2.69. The molecule has 1 spiro atoms. The first-order valence-corrected chi connectivity index (χ1v) is 8.89. The normalized spacial score (nSPS) is 25.7. The third-order valence-corrected chi connectivity index (χ3v) is 5.90. The Morgan fingerprint density at radius 1 is 1.27 bits per heavy atom. The van der Waals surface area contributed by atoms with Crippen molar-refractivity contribution in [3.05, 3.63) is 46.2 Å². The van der Waals surface area contributed by atoms with Crippen molar-refractivity contribution in [1.82, 2.24) is 19.8 Å². The molecule has 0 aromatic carbocycles. The Labute approximate surface area is 135 Å². The van der Waals surface area contributed by atoms with Gasteiger partial charge in [0.15, 0.2) is 0 Å². The lowest BCUT2D eigenvalue weighted by Crippen LogP contribution is -2.60. The van der Waals surface area contributed by atoms with E-state index >= 15 is 0 Å². The van der Waals surface area contributed by atoms with Crippen LogP contribution < -0.4 is 0 Å². The van der Waals surface area contributed by atoms with Crippen LogP contribution in [-0.4, -0.2) is 44.9 Å². The zero-order chi connectivity index (χ0) is 15.0. The first-order valence-electron chi connectivity index (χ1n) is 8.01. The van der Waals surface area contributed by atoms with Gasteiger partial charge in [-0.3, -0.25) is 14.8 Å². The van der Waals surface area contributed by atoms with Gasteiger partial charge in [0.25, 0.3) is 0 Å². The van der Waals surface area contributed by atoms with Crippen LogP contribution in [0.4, 0.5) is 0 Å². The average molecular weight is 314 g/mol. The van der Waals surface area contributed by atoms with E-state index in [1.54, 1.807) is 11.3 Å². The van der Waals surface area contributed by atoms with Gasteiger partial charge in [-0.2, -0.15) is 0 Å². The van der Waals surface area contributed by atoms with E-state index < -0.39 is 0 Å². The Morgan fingerprint density at radius 2 is 2.18 bits per heavy atom. The van der Waals surface area contributed by atoms with Crippen LogP contribution in [0.1, 0.15) is 29.1 Å². The molecule has 0 aliphatic carbocycles. The Kier molecular flexibility index (Phi) is 3.72. The molecule has 2 aliphatic heterocycles. The maximum Gasteiger partial charge on any atom is 0.0897 e. The largest absolute Gasteiger partial charge is 0.297 e. The van der Waals surface area contributed by atoms with Gasteiger partial charge in [0.2, 0.25) is 0 Å². The second-order valence-corrected chi connectivity index (χ2v) is 7.64. The maximum absolute atomic E-state index is 4.63. The first kappa shape index (κ1) is 14.3. The minimum absolute atomic E-state index is 0.403. The van der Waals surface area contributed by atoms with E-state index in [4.69, 9.17) is 0 Å². The summed E-state index contributed by atoms with van der Waals surface area (Å²) in [7, 11) is 0. The van der Waals surface area contributed by atoms with Gasteiger partial charge < -0.3 is 0 Å². The van der Waals surface area contributed by atoms with Gasteiger partial charge in [0, 0.05) is 56.0 Å². The molecule has 2 aromatic rings. The van der Waals surface area contributed by atoms with Crippen molar-refractivity contribution >= 4 is 11.3 Å². The van der Waals surface area contributed by atoms with Crippen molar-refractivity contribution in [3.8, 4) is 0 Å². The standard InChI is InChI=1S/C17H22N4S/c1-14-19-16(12-22-14)11-21-8-5-17(21)4-7-20(13-17)10-15-3-2-6-18-9-15/h2-3,6,9,12H,4-5,7-8,10-11,13H2,1H3. The van der Waals surface area contributed by atoms with Crippen molar-refractivity contribution in [1.29, 1.82) is 0 Å². The van der Waals surface area contributed by atoms with Gasteiger partial charge in [-0.1, -0.05) is 6.07 Å². The van der Waals surface area contributed by atoms with Crippen LogP contribution in [0.3, 0.4) is 0 Å². The average Bonchev–Trinajstić information content (AvgIpc) is 3.13. The fraction of sp³-hybridized carbons (Fsp3) is 0.529. The lowest BCUT2D eigenvalue weighted by atomic mass is 9.83. The van der Waals surface area contributed by atoms with Crippen LogP contribution in [0, 0.1) is 6.92 Å². The predicted molar refractivity (Wildman–Crippen MR) is 88.7 cm³/mol. The summed E-state index contributed by atoms with van der Waals surface area (Å²) in [5, 5.41) is 3.39. The molecule has 4 heterocycles. The molecule has 1 unspecified atom stereocenters. The van der Waals surface area contributed by atoms with Crippen LogP contribution in [0.25, 0.3) is 0 Å². The highest BCUT2D eigenvalue weighted by molar-refractivity contribution is 7.09. The van der Waals surface area contributed by atoms with Crippen molar-refractivity contribution < 1.29 is 0 Å². The van der Waals surface area contributed by atoms with E-state index in [-0.39, 0.29) is 0 Å². The number of thiazole rings is 1. The highest BCUT2D eigenvalue weighted by Gasteiger charge is 2.48. The van der Waals surface area contributed by atoms with E-state index in [1.807, 2.05) is 18.5 Å². The van der Waals surface area contributed by atoms with Crippen molar-refractivity contribution in [3.63, 3.8) is 0 Å². The van der Waals surface area contributed by atoms with Crippen LogP contribution >= 0.6 is 11.3 Å². The highest BCUT2D eigenvalue weighted by atomic mass is 32.1. The number of aromatic nitrogens is 2. The SMILES string of the molecule is Cc1nc(CN2CCC23CCN(Cc2cccnc2)C3)cs1. The van der Waals surface area contributed by atoms with E-state index in [1.165, 1.54) is 48.7 Å². The minimum atomic E-state index is 0.403. The van der Waals surface area contributed by atoms with E-state index in [0.29, 0.717) is 5.54 Å². The number of pyridine rings is 1. The summed E-state index contributed by atoms with van der Waals surface area (Å²) in [6, 6.07) is 4.20. The summed E-state index contributed by atoms with van der Waals surface area (Å²) in [6.45, 7) is 7.74. The second kappa shape index (κ2) is 5.72. The first-order chi connectivity index (χ1) is 10.7. The summed E-state index contributed by atoms with van der Waals surface area (Å²) < 4.78 is 0. The van der Waals surface area contributed by atoms with E-state index in [9.17, 15) is 0 Å². The van der Waals surface area contributed by atoms with Gasteiger partial charge in [0.1, 0.15) is 0 Å². The number of likely N-dealkylation sites (tertiary alicyclic amines) is 2. The molecular formula is C17H22N4S. The van der Waals surface area contributed by atoms with Crippen molar-refractivity contribution in [2.75, 3.05) is 19.6 Å². The van der Waals surface area contributed by atoms with E-state index in [0.717, 1.165) is 13.1 Å². The summed E-state index contributed by atoms with van der Waals surface area (Å²) in [5.74, 6) is 0. The molecule has 0 N–H and O–H groups in total. The molecule has 0 bridgehead atoms.